The predicted octanol–water partition coefficient (Wildman–Crippen LogP) is 1.39. The third-order valence-corrected chi connectivity index (χ3v) is 4.05. The summed E-state index contributed by atoms with van der Waals surface area (Å²) >= 11 is 0. The van der Waals surface area contributed by atoms with Crippen molar-refractivity contribution in [1.82, 2.24) is 14.8 Å². The molecule has 1 N–H and O–H groups in total. The molecule has 116 valence electrons. The lowest BCUT2D eigenvalue weighted by atomic mass is 9.99. The standard InChI is InChI=1S/C14H22N4O3/c1-3-17(10-11-5-4-8-15-9-11)14(19)12-6-7-13(16(12)2)18(20)21/h6-7,11,15H,3-5,8-10H2,1-2H3. The zero-order chi connectivity index (χ0) is 15.4. The van der Waals surface area contributed by atoms with Gasteiger partial charge in [0.2, 0.25) is 0 Å². The molecule has 1 aromatic rings. The minimum absolute atomic E-state index is 0.0614. The van der Waals surface area contributed by atoms with Gasteiger partial charge in [-0.3, -0.25) is 4.79 Å². The van der Waals surface area contributed by atoms with E-state index in [-0.39, 0.29) is 11.7 Å². The maximum atomic E-state index is 12.6. The molecule has 1 aromatic heterocycles. The minimum Gasteiger partial charge on any atom is -0.358 e. The molecular weight excluding hydrogens is 272 g/mol. The van der Waals surface area contributed by atoms with E-state index in [1.165, 1.54) is 16.7 Å². The number of nitrogens with zero attached hydrogens (tertiary/aromatic N) is 3. The molecule has 1 saturated heterocycles. The third-order valence-electron chi connectivity index (χ3n) is 4.05. The molecule has 1 aliphatic rings. The monoisotopic (exact) mass is 294 g/mol. The second-order valence-corrected chi connectivity index (χ2v) is 5.45. The Balaban J connectivity index is 2.10. The number of carbonyl (C=O) groups excluding carboxylic acids is 1. The summed E-state index contributed by atoms with van der Waals surface area (Å²) in [6.07, 6.45) is 2.25. The molecular formula is C14H22N4O3. The Morgan fingerprint density at radius 2 is 2.33 bits per heavy atom. The van der Waals surface area contributed by atoms with Crippen LogP contribution < -0.4 is 5.32 Å². The second-order valence-electron chi connectivity index (χ2n) is 5.45. The van der Waals surface area contributed by atoms with Crippen molar-refractivity contribution in [3.05, 3.63) is 27.9 Å². The molecule has 1 aliphatic heterocycles. The van der Waals surface area contributed by atoms with Gasteiger partial charge >= 0.3 is 5.82 Å². The highest BCUT2D eigenvalue weighted by Gasteiger charge is 2.26. The number of carbonyl (C=O) groups is 1. The van der Waals surface area contributed by atoms with E-state index in [1.54, 1.807) is 11.9 Å². The molecule has 0 spiro atoms. The van der Waals surface area contributed by atoms with Crippen LogP contribution in [0.1, 0.15) is 30.3 Å². The van der Waals surface area contributed by atoms with Gasteiger partial charge in [-0.1, -0.05) is 0 Å². The zero-order valence-electron chi connectivity index (χ0n) is 12.5. The summed E-state index contributed by atoms with van der Waals surface area (Å²) in [6, 6.07) is 2.91. The van der Waals surface area contributed by atoms with E-state index in [1.807, 2.05) is 6.92 Å². The fourth-order valence-corrected chi connectivity index (χ4v) is 2.81. The fraction of sp³-hybridized carbons (Fsp3) is 0.643. The zero-order valence-corrected chi connectivity index (χ0v) is 12.5. The molecule has 0 bridgehead atoms. The fourth-order valence-electron chi connectivity index (χ4n) is 2.81. The van der Waals surface area contributed by atoms with Gasteiger partial charge in [0.15, 0.2) is 5.69 Å². The number of hydrogen-bond donors (Lipinski definition) is 1. The maximum Gasteiger partial charge on any atom is 0.323 e. The third kappa shape index (κ3) is 3.41. The smallest absolute Gasteiger partial charge is 0.323 e. The number of rotatable bonds is 5. The Morgan fingerprint density at radius 1 is 1.57 bits per heavy atom. The number of nitrogens with one attached hydrogen (secondary N) is 1. The first-order chi connectivity index (χ1) is 10.0. The van der Waals surface area contributed by atoms with Gasteiger partial charge in [0, 0.05) is 19.2 Å². The lowest BCUT2D eigenvalue weighted by molar-refractivity contribution is -0.391. The van der Waals surface area contributed by atoms with Gasteiger partial charge in [-0.15, -0.1) is 0 Å². The maximum absolute atomic E-state index is 12.6. The number of amides is 1. The van der Waals surface area contributed by atoms with Crippen LogP contribution >= 0.6 is 0 Å². The lowest BCUT2D eigenvalue weighted by Crippen LogP contribution is -2.41. The first-order valence-corrected chi connectivity index (χ1v) is 7.34. The molecule has 2 heterocycles. The quantitative estimate of drug-likeness (QED) is 0.657. The molecule has 1 unspecified atom stereocenters. The average Bonchev–Trinajstić information content (AvgIpc) is 2.87. The average molecular weight is 294 g/mol. The van der Waals surface area contributed by atoms with E-state index in [4.69, 9.17) is 0 Å². The molecule has 2 rings (SSSR count). The highest BCUT2D eigenvalue weighted by atomic mass is 16.6. The highest BCUT2D eigenvalue weighted by molar-refractivity contribution is 5.93. The molecule has 0 saturated carbocycles. The molecule has 0 aromatic carbocycles. The van der Waals surface area contributed by atoms with E-state index < -0.39 is 4.92 Å². The van der Waals surface area contributed by atoms with Gasteiger partial charge in [0.25, 0.3) is 5.91 Å². The number of piperidine rings is 1. The molecule has 1 atom stereocenters. The number of hydrogen-bond acceptors (Lipinski definition) is 4. The summed E-state index contributed by atoms with van der Waals surface area (Å²) in [5.41, 5.74) is 0.368. The van der Waals surface area contributed by atoms with Crippen LogP contribution in [0.25, 0.3) is 0 Å². The molecule has 7 heteroatoms. The molecule has 21 heavy (non-hydrogen) atoms. The minimum atomic E-state index is -0.474. The van der Waals surface area contributed by atoms with Crippen LogP contribution in [0.15, 0.2) is 12.1 Å². The molecule has 1 amide bonds. The summed E-state index contributed by atoms with van der Waals surface area (Å²) in [4.78, 5) is 24.7. The van der Waals surface area contributed by atoms with Crippen LogP contribution in [0.5, 0.6) is 0 Å². The Kier molecular flexibility index (Phi) is 4.95. The first kappa shape index (κ1) is 15.5. The summed E-state index contributed by atoms with van der Waals surface area (Å²) < 4.78 is 1.35. The van der Waals surface area contributed by atoms with E-state index >= 15 is 0 Å². The largest absolute Gasteiger partial charge is 0.358 e. The Labute approximate surface area is 124 Å². The van der Waals surface area contributed by atoms with Crippen LogP contribution in [0, 0.1) is 16.0 Å². The Morgan fingerprint density at radius 3 is 2.86 bits per heavy atom. The normalized spacial score (nSPS) is 18.5. The molecule has 7 nitrogen and oxygen atoms in total. The Bertz CT molecular complexity index is 520. The van der Waals surface area contributed by atoms with Crippen LogP contribution in [-0.2, 0) is 7.05 Å². The molecule has 0 aliphatic carbocycles. The highest BCUT2D eigenvalue weighted by Crippen LogP contribution is 2.18. The van der Waals surface area contributed by atoms with Crippen LogP contribution in [0.2, 0.25) is 0 Å². The van der Waals surface area contributed by atoms with Gasteiger partial charge in [0.05, 0.1) is 7.05 Å². The van der Waals surface area contributed by atoms with E-state index in [0.717, 1.165) is 25.9 Å². The second kappa shape index (κ2) is 6.71. The van der Waals surface area contributed by atoms with Crippen LogP contribution in [-0.4, -0.2) is 46.5 Å². The topological polar surface area (TPSA) is 80.4 Å². The van der Waals surface area contributed by atoms with Crippen molar-refractivity contribution < 1.29 is 9.72 Å². The summed E-state index contributed by atoms with van der Waals surface area (Å²) in [7, 11) is 1.56. The SMILES string of the molecule is CCN(CC1CCCNC1)C(=O)c1ccc([N+](=O)[O-])n1C. The van der Waals surface area contributed by atoms with Crippen LogP contribution in [0.4, 0.5) is 5.82 Å². The van der Waals surface area contributed by atoms with Crippen molar-refractivity contribution in [2.75, 3.05) is 26.2 Å². The molecule has 1 fully saturated rings. The van der Waals surface area contributed by atoms with Crippen molar-refractivity contribution in [2.45, 2.75) is 19.8 Å². The van der Waals surface area contributed by atoms with Crippen molar-refractivity contribution >= 4 is 11.7 Å². The van der Waals surface area contributed by atoms with E-state index in [9.17, 15) is 14.9 Å². The van der Waals surface area contributed by atoms with Gasteiger partial charge in [-0.2, -0.15) is 0 Å². The van der Waals surface area contributed by atoms with Crippen LogP contribution in [0.3, 0.4) is 0 Å². The summed E-state index contributed by atoms with van der Waals surface area (Å²) in [5, 5.41) is 14.2. The predicted molar refractivity (Wildman–Crippen MR) is 79.2 cm³/mol. The number of nitro groups is 1. The van der Waals surface area contributed by atoms with Crippen molar-refractivity contribution in [1.29, 1.82) is 0 Å². The number of aromatic nitrogens is 1. The van der Waals surface area contributed by atoms with Crippen molar-refractivity contribution in [3.63, 3.8) is 0 Å². The van der Waals surface area contributed by atoms with Gasteiger partial charge in [0.1, 0.15) is 0 Å². The first-order valence-electron chi connectivity index (χ1n) is 7.34. The summed E-state index contributed by atoms with van der Waals surface area (Å²) in [6.45, 7) is 5.21. The van der Waals surface area contributed by atoms with Crippen molar-refractivity contribution in [2.24, 2.45) is 13.0 Å². The lowest BCUT2D eigenvalue weighted by Gasteiger charge is -2.29. The van der Waals surface area contributed by atoms with Gasteiger partial charge in [-0.25, -0.2) is 4.57 Å². The molecule has 0 radical (unpaired) electrons. The van der Waals surface area contributed by atoms with Crippen molar-refractivity contribution in [3.8, 4) is 0 Å². The van der Waals surface area contributed by atoms with E-state index in [0.29, 0.717) is 24.7 Å². The Hall–Kier alpha value is -1.89. The summed E-state index contributed by atoms with van der Waals surface area (Å²) in [5.74, 6) is 0.255. The van der Waals surface area contributed by atoms with Gasteiger partial charge in [-0.05, 0) is 49.8 Å². The van der Waals surface area contributed by atoms with E-state index in [2.05, 4.69) is 5.32 Å². The van der Waals surface area contributed by atoms with Gasteiger partial charge < -0.3 is 20.3 Å².